The molecule has 0 saturated carbocycles. The fourth-order valence-corrected chi connectivity index (χ4v) is 3.91. The maximum absolute atomic E-state index is 13.9. The van der Waals surface area contributed by atoms with Crippen LogP contribution in [0.4, 0.5) is 15.9 Å². The van der Waals surface area contributed by atoms with E-state index < -0.39 is 5.82 Å². The Balaban J connectivity index is 1.38. The van der Waals surface area contributed by atoms with Gasteiger partial charge in [-0.25, -0.2) is 4.39 Å². The van der Waals surface area contributed by atoms with Crippen molar-refractivity contribution in [2.24, 2.45) is 5.92 Å². The summed E-state index contributed by atoms with van der Waals surface area (Å²) in [5, 5.41) is 11.8. The van der Waals surface area contributed by atoms with Crippen LogP contribution in [0.2, 0.25) is 5.02 Å². The number of halogens is 2. The normalized spacial score (nSPS) is 14.5. The summed E-state index contributed by atoms with van der Waals surface area (Å²) in [7, 11) is 0. The number of carbonyl (C=O) groups excluding carboxylic acids is 1. The minimum atomic E-state index is -0.487. The maximum atomic E-state index is 13.9. The molecule has 1 aliphatic heterocycles. The average molecular weight is 439 g/mol. The fourth-order valence-electron chi connectivity index (χ4n) is 3.68. The molecular formula is C24H24ClFN4O. The molecule has 31 heavy (non-hydrogen) atoms. The molecule has 2 heterocycles. The highest BCUT2D eigenvalue weighted by molar-refractivity contribution is 6.31. The molecule has 160 valence electrons. The second-order valence-electron chi connectivity index (χ2n) is 7.95. The van der Waals surface area contributed by atoms with Gasteiger partial charge in [0.2, 0.25) is 5.91 Å². The van der Waals surface area contributed by atoms with Gasteiger partial charge in [-0.15, -0.1) is 10.2 Å². The molecule has 0 unspecified atom stereocenters. The first-order valence-electron chi connectivity index (χ1n) is 10.4. The lowest BCUT2D eigenvalue weighted by Crippen LogP contribution is -2.33. The van der Waals surface area contributed by atoms with Crippen molar-refractivity contribution in [2.75, 3.05) is 23.3 Å². The SMILES string of the molecule is CC1CCN(c2ccc(-c3ccc(NC(=O)Cc4c(F)cccc4Cl)cc3)nn2)CC1. The number of amides is 1. The number of carbonyl (C=O) groups is 1. The minimum absolute atomic E-state index is 0.129. The van der Waals surface area contributed by atoms with E-state index in [-0.39, 0.29) is 22.9 Å². The van der Waals surface area contributed by atoms with E-state index in [1.165, 1.54) is 25.0 Å². The van der Waals surface area contributed by atoms with Crippen molar-refractivity contribution < 1.29 is 9.18 Å². The summed E-state index contributed by atoms with van der Waals surface area (Å²) in [6.45, 7) is 4.32. The van der Waals surface area contributed by atoms with Crippen molar-refractivity contribution >= 4 is 29.0 Å². The molecule has 2 aromatic carbocycles. The van der Waals surface area contributed by atoms with Crippen LogP contribution in [0.15, 0.2) is 54.6 Å². The predicted molar refractivity (Wildman–Crippen MR) is 122 cm³/mol. The van der Waals surface area contributed by atoms with Crippen molar-refractivity contribution in [3.8, 4) is 11.3 Å². The number of anilines is 2. The Morgan fingerprint density at radius 3 is 2.48 bits per heavy atom. The fraction of sp³-hybridized carbons (Fsp3) is 0.292. The summed E-state index contributed by atoms with van der Waals surface area (Å²) >= 11 is 6.00. The molecule has 0 radical (unpaired) electrons. The highest BCUT2D eigenvalue weighted by Gasteiger charge is 2.17. The van der Waals surface area contributed by atoms with Gasteiger partial charge in [0, 0.05) is 34.9 Å². The van der Waals surface area contributed by atoms with Crippen LogP contribution in [0.1, 0.15) is 25.3 Å². The van der Waals surface area contributed by atoms with Gasteiger partial charge in [-0.05, 0) is 55.2 Å². The van der Waals surface area contributed by atoms with E-state index in [2.05, 4.69) is 27.3 Å². The topological polar surface area (TPSA) is 58.1 Å². The van der Waals surface area contributed by atoms with Crippen molar-refractivity contribution in [3.63, 3.8) is 0 Å². The van der Waals surface area contributed by atoms with E-state index >= 15 is 0 Å². The summed E-state index contributed by atoms with van der Waals surface area (Å²) in [5.41, 5.74) is 2.48. The van der Waals surface area contributed by atoms with Crippen LogP contribution in [0, 0.1) is 11.7 Å². The third-order valence-corrected chi connectivity index (χ3v) is 5.98. The molecule has 1 fully saturated rings. The largest absolute Gasteiger partial charge is 0.355 e. The van der Waals surface area contributed by atoms with Gasteiger partial charge in [0.1, 0.15) is 5.82 Å². The van der Waals surface area contributed by atoms with Crippen molar-refractivity contribution in [3.05, 3.63) is 71.0 Å². The van der Waals surface area contributed by atoms with Crippen LogP contribution >= 0.6 is 11.6 Å². The van der Waals surface area contributed by atoms with Crippen LogP contribution in [0.3, 0.4) is 0 Å². The Labute approximate surface area is 186 Å². The first-order valence-corrected chi connectivity index (χ1v) is 10.8. The molecule has 7 heteroatoms. The summed E-state index contributed by atoms with van der Waals surface area (Å²) in [5.74, 6) is 0.858. The van der Waals surface area contributed by atoms with Gasteiger partial charge >= 0.3 is 0 Å². The number of aromatic nitrogens is 2. The van der Waals surface area contributed by atoms with E-state index in [0.717, 1.165) is 36.1 Å². The van der Waals surface area contributed by atoms with Gasteiger partial charge in [0.05, 0.1) is 12.1 Å². The Morgan fingerprint density at radius 2 is 1.84 bits per heavy atom. The molecule has 0 spiro atoms. The third-order valence-electron chi connectivity index (χ3n) is 5.62. The third kappa shape index (κ3) is 5.20. The number of nitrogens with zero attached hydrogens (tertiary/aromatic N) is 3. The first-order chi connectivity index (χ1) is 15.0. The van der Waals surface area contributed by atoms with Gasteiger partial charge in [-0.2, -0.15) is 0 Å². The summed E-state index contributed by atoms with van der Waals surface area (Å²) < 4.78 is 13.9. The summed E-state index contributed by atoms with van der Waals surface area (Å²) in [4.78, 5) is 14.6. The molecule has 0 bridgehead atoms. The zero-order chi connectivity index (χ0) is 21.8. The molecule has 0 aliphatic carbocycles. The van der Waals surface area contributed by atoms with Gasteiger partial charge in [-0.1, -0.05) is 36.7 Å². The molecule has 5 nitrogen and oxygen atoms in total. The van der Waals surface area contributed by atoms with Crippen LogP contribution in [0.5, 0.6) is 0 Å². The van der Waals surface area contributed by atoms with E-state index in [1.54, 1.807) is 18.2 Å². The Bertz CT molecular complexity index is 1030. The van der Waals surface area contributed by atoms with Gasteiger partial charge in [0.15, 0.2) is 5.82 Å². The van der Waals surface area contributed by atoms with Crippen LogP contribution < -0.4 is 10.2 Å². The molecule has 1 amide bonds. The molecular weight excluding hydrogens is 415 g/mol. The molecule has 1 N–H and O–H groups in total. The predicted octanol–water partition coefficient (Wildman–Crippen LogP) is 5.35. The van der Waals surface area contributed by atoms with Crippen molar-refractivity contribution in [2.45, 2.75) is 26.2 Å². The van der Waals surface area contributed by atoms with Gasteiger partial charge in [-0.3, -0.25) is 4.79 Å². The number of hydrogen-bond donors (Lipinski definition) is 1. The number of nitrogens with one attached hydrogen (secondary N) is 1. The molecule has 4 rings (SSSR count). The van der Waals surface area contributed by atoms with Crippen LogP contribution in [0.25, 0.3) is 11.3 Å². The van der Waals surface area contributed by atoms with E-state index in [4.69, 9.17) is 11.6 Å². The van der Waals surface area contributed by atoms with Crippen LogP contribution in [-0.2, 0) is 11.2 Å². The Hall–Kier alpha value is -2.99. The number of piperidine rings is 1. The zero-order valence-corrected chi connectivity index (χ0v) is 18.1. The highest BCUT2D eigenvalue weighted by Crippen LogP contribution is 2.24. The zero-order valence-electron chi connectivity index (χ0n) is 17.3. The monoisotopic (exact) mass is 438 g/mol. The number of benzene rings is 2. The standard InChI is InChI=1S/C24H24ClFN4O/c1-16-11-13-30(14-12-16)23-10-9-22(28-29-23)17-5-7-18(8-6-17)27-24(31)15-19-20(25)3-2-4-21(19)26/h2-10,16H,11-15H2,1H3,(H,27,31). The van der Waals surface area contributed by atoms with Crippen molar-refractivity contribution in [1.82, 2.24) is 10.2 Å². The summed E-state index contributed by atoms with van der Waals surface area (Å²) in [6, 6.07) is 15.7. The minimum Gasteiger partial charge on any atom is -0.355 e. The van der Waals surface area contributed by atoms with E-state index in [9.17, 15) is 9.18 Å². The lowest BCUT2D eigenvalue weighted by Gasteiger charge is -2.30. The quantitative estimate of drug-likeness (QED) is 0.583. The molecule has 1 saturated heterocycles. The Kier molecular flexibility index (Phi) is 6.47. The number of rotatable bonds is 5. The average Bonchev–Trinajstić information content (AvgIpc) is 2.78. The highest BCUT2D eigenvalue weighted by atomic mass is 35.5. The molecule has 3 aromatic rings. The lowest BCUT2D eigenvalue weighted by molar-refractivity contribution is -0.115. The second kappa shape index (κ2) is 9.43. The van der Waals surface area contributed by atoms with Crippen LogP contribution in [-0.4, -0.2) is 29.2 Å². The molecule has 1 aliphatic rings. The Morgan fingerprint density at radius 1 is 1.10 bits per heavy atom. The number of hydrogen-bond acceptors (Lipinski definition) is 4. The van der Waals surface area contributed by atoms with E-state index in [1.807, 2.05) is 24.3 Å². The second-order valence-corrected chi connectivity index (χ2v) is 8.36. The molecule has 0 atom stereocenters. The smallest absolute Gasteiger partial charge is 0.228 e. The first kappa shape index (κ1) is 21.2. The summed E-state index contributed by atoms with van der Waals surface area (Å²) in [6.07, 6.45) is 2.23. The molecule has 1 aromatic heterocycles. The lowest BCUT2D eigenvalue weighted by atomic mass is 9.99. The van der Waals surface area contributed by atoms with Gasteiger partial charge in [0.25, 0.3) is 0 Å². The van der Waals surface area contributed by atoms with Crippen molar-refractivity contribution in [1.29, 1.82) is 0 Å². The van der Waals surface area contributed by atoms with E-state index in [0.29, 0.717) is 5.69 Å². The van der Waals surface area contributed by atoms with Gasteiger partial charge < -0.3 is 10.2 Å². The maximum Gasteiger partial charge on any atom is 0.228 e.